The van der Waals surface area contributed by atoms with E-state index >= 15 is 0 Å². The summed E-state index contributed by atoms with van der Waals surface area (Å²) in [6, 6.07) is 0. The standard InChI is InChI=1S/C11H22/c1-8-6-10(3)11(4,5)7-9(8)2/h8-10H,6-7H2,1-5H3/t8?,9?,10-/m1/s1. The Balaban J connectivity index is 2.63. The Morgan fingerprint density at radius 1 is 1.00 bits per heavy atom. The lowest BCUT2D eigenvalue weighted by molar-refractivity contribution is 0.0733. The highest BCUT2D eigenvalue weighted by atomic mass is 14.4. The first kappa shape index (κ1) is 9.09. The quantitative estimate of drug-likeness (QED) is 0.499. The molecule has 0 heterocycles. The van der Waals surface area contributed by atoms with Gasteiger partial charge in [0.2, 0.25) is 0 Å². The zero-order valence-corrected chi connectivity index (χ0v) is 8.65. The molecule has 0 aromatic heterocycles. The summed E-state index contributed by atoms with van der Waals surface area (Å²) < 4.78 is 0. The van der Waals surface area contributed by atoms with E-state index in [4.69, 9.17) is 0 Å². The van der Waals surface area contributed by atoms with E-state index in [0.29, 0.717) is 5.41 Å². The van der Waals surface area contributed by atoms with E-state index in [1.54, 1.807) is 0 Å². The Morgan fingerprint density at radius 2 is 1.55 bits per heavy atom. The van der Waals surface area contributed by atoms with Gasteiger partial charge in [-0.1, -0.05) is 34.6 Å². The van der Waals surface area contributed by atoms with Crippen LogP contribution in [0.1, 0.15) is 47.5 Å². The SMILES string of the molecule is CC1C[C@@H](C)C(C)(C)CC1C. The van der Waals surface area contributed by atoms with Crippen molar-refractivity contribution >= 4 is 0 Å². The maximum atomic E-state index is 2.42. The van der Waals surface area contributed by atoms with Crippen LogP contribution in [0, 0.1) is 23.2 Å². The molecule has 2 unspecified atom stereocenters. The Bertz CT molecular complexity index is 135. The molecule has 0 aliphatic heterocycles. The summed E-state index contributed by atoms with van der Waals surface area (Å²) in [6.45, 7) is 12.0. The molecule has 66 valence electrons. The van der Waals surface area contributed by atoms with E-state index in [2.05, 4.69) is 34.6 Å². The van der Waals surface area contributed by atoms with Crippen LogP contribution in [0.5, 0.6) is 0 Å². The van der Waals surface area contributed by atoms with Crippen molar-refractivity contribution < 1.29 is 0 Å². The van der Waals surface area contributed by atoms with E-state index in [0.717, 1.165) is 17.8 Å². The summed E-state index contributed by atoms with van der Waals surface area (Å²) in [6.07, 6.45) is 2.84. The summed E-state index contributed by atoms with van der Waals surface area (Å²) in [4.78, 5) is 0. The third-order valence-corrected chi connectivity index (χ3v) is 3.88. The Kier molecular flexibility index (Phi) is 2.32. The first-order valence-electron chi connectivity index (χ1n) is 4.93. The maximum Gasteiger partial charge on any atom is -0.0326 e. The Hall–Kier alpha value is 0. The molecule has 11 heavy (non-hydrogen) atoms. The highest BCUT2D eigenvalue weighted by Crippen LogP contribution is 2.45. The van der Waals surface area contributed by atoms with E-state index < -0.39 is 0 Å². The predicted octanol–water partition coefficient (Wildman–Crippen LogP) is 3.71. The summed E-state index contributed by atoms with van der Waals surface area (Å²) in [5, 5.41) is 0. The van der Waals surface area contributed by atoms with Crippen LogP contribution in [-0.4, -0.2) is 0 Å². The minimum Gasteiger partial charge on any atom is -0.0622 e. The minimum atomic E-state index is 0.589. The molecular formula is C11H22. The van der Waals surface area contributed by atoms with Crippen LogP contribution in [0.3, 0.4) is 0 Å². The minimum absolute atomic E-state index is 0.589. The van der Waals surface area contributed by atoms with Gasteiger partial charge >= 0.3 is 0 Å². The fourth-order valence-electron chi connectivity index (χ4n) is 2.34. The smallest absolute Gasteiger partial charge is 0.0326 e. The van der Waals surface area contributed by atoms with Gasteiger partial charge in [-0.15, -0.1) is 0 Å². The topological polar surface area (TPSA) is 0 Å². The summed E-state index contributed by atoms with van der Waals surface area (Å²) in [5.74, 6) is 2.79. The molecule has 0 bridgehead atoms. The molecule has 0 amide bonds. The van der Waals surface area contributed by atoms with Gasteiger partial charge in [-0.2, -0.15) is 0 Å². The predicted molar refractivity (Wildman–Crippen MR) is 50.5 cm³/mol. The molecule has 0 saturated heterocycles. The molecule has 1 aliphatic carbocycles. The molecule has 1 fully saturated rings. The average Bonchev–Trinajstić information content (AvgIpc) is 1.83. The third kappa shape index (κ3) is 1.77. The molecule has 0 radical (unpaired) electrons. The Morgan fingerprint density at radius 3 is 2.00 bits per heavy atom. The first-order chi connectivity index (χ1) is 4.93. The van der Waals surface area contributed by atoms with E-state index in [-0.39, 0.29) is 0 Å². The van der Waals surface area contributed by atoms with Gasteiger partial charge in [-0.05, 0) is 36.0 Å². The Labute approximate surface area is 71.4 Å². The molecule has 1 saturated carbocycles. The lowest BCUT2D eigenvalue weighted by atomic mass is 9.63. The normalized spacial score (nSPS) is 43.9. The highest BCUT2D eigenvalue weighted by Gasteiger charge is 2.35. The van der Waals surface area contributed by atoms with Crippen LogP contribution in [0.25, 0.3) is 0 Å². The van der Waals surface area contributed by atoms with Crippen molar-refractivity contribution in [1.82, 2.24) is 0 Å². The van der Waals surface area contributed by atoms with Gasteiger partial charge in [0.25, 0.3) is 0 Å². The van der Waals surface area contributed by atoms with E-state index in [9.17, 15) is 0 Å². The second-order valence-electron chi connectivity index (χ2n) is 5.28. The van der Waals surface area contributed by atoms with Crippen LogP contribution in [0.2, 0.25) is 0 Å². The van der Waals surface area contributed by atoms with Gasteiger partial charge < -0.3 is 0 Å². The molecule has 0 aromatic rings. The molecule has 0 heteroatoms. The average molecular weight is 154 g/mol. The number of rotatable bonds is 0. The van der Waals surface area contributed by atoms with Gasteiger partial charge in [0.1, 0.15) is 0 Å². The van der Waals surface area contributed by atoms with Crippen molar-refractivity contribution in [3.05, 3.63) is 0 Å². The third-order valence-electron chi connectivity index (χ3n) is 3.88. The fourth-order valence-corrected chi connectivity index (χ4v) is 2.34. The van der Waals surface area contributed by atoms with Crippen molar-refractivity contribution in [3.63, 3.8) is 0 Å². The van der Waals surface area contributed by atoms with Crippen LogP contribution in [0.4, 0.5) is 0 Å². The van der Waals surface area contributed by atoms with Crippen molar-refractivity contribution in [1.29, 1.82) is 0 Å². The van der Waals surface area contributed by atoms with Crippen LogP contribution in [0.15, 0.2) is 0 Å². The highest BCUT2D eigenvalue weighted by molar-refractivity contribution is 4.85. The molecule has 0 spiro atoms. The number of hydrogen-bond donors (Lipinski definition) is 0. The lowest BCUT2D eigenvalue weighted by Crippen LogP contribution is -2.33. The largest absolute Gasteiger partial charge is 0.0622 e. The fraction of sp³-hybridized carbons (Fsp3) is 1.00. The van der Waals surface area contributed by atoms with Crippen molar-refractivity contribution in [2.45, 2.75) is 47.5 Å². The summed E-state index contributed by atoms with van der Waals surface area (Å²) in [7, 11) is 0. The first-order valence-corrected chi connectivity index (χ1v) is 4.93. The molecule has 1 rings (SSSR count). The zero-order chi connectivity index (χ0) is 8.65. The second kappa shape index (κ2) is 2.80. The monoisotopic (exact) mass is 154 g/mol. The van der Waals surface area contributed by atoms with Crippen LogP contribution in [-0.2, 0) is 0 Å². The maximum absolute atomic E-state index is 2.42. The summed E-state index contributed by atoms with van der Waals surface area (Å²) >= 11 is 0. The van der Waals surface area contributed by atoms with Crippen molar-refractivity contribution in [2.75, 3.05) is 0 Å². The molecule has 0 nitrogen and oxygen atoms in total. The molecule has 1 aliphatic rings. The van der Waals surface area contributed by atoms with Gasteiger partial charge in [0.05, 0.1) is 0 Å². The van der Waals surface area contributed by atoms with Crippen molar-refractivity contribution in [2.24, 2.45) is 23.2 Å². The van der Waals surface area contributed by atoms with E-state index in [1.165, 1.54) is 12.8 Å². The number of hydrogen-bond acceptors (Lipinski definition) is 0. The lowest BCUT2D eigenvalue weighted by Gasteiger charge is -2.43. The van der Waals surface area contributed by atoms with Crippen LogP contribution < -0.4 is 0 Å². The zero-order valence-electron chi connectivity index (χ0n) is 8.65. The molecule has 3 atom stereocenters. The van der Waals surface area contributed by atoms with E-state index in [1.807, 2.05) is 0 Å². The molecule has 0 aromatic carbocycles. The molecule has 0 N–H and O–H groups in total. The van der Waals surface area contributed by atoms with Gasteiger partial charge in [-0.3, -0.25) is 0 Å². The van der Waals surface area contributed by atoms with Gasteiger partial charge in [0, 0.05) is 0 Å². The second-order valence-corrected chi connectivity index (χ2v) is 5.28. The van der Waals surface area contributed by atoms with Gasteiger partial charge in [0.15, 0.2) is 0 Å². The van der Waals surface area contributed by atoms with Crippen molar-refractivity contribution in [3.8, 4) is 0 Å². The summed E-state index contributed by atoms with van der Waals surface area (Å²) in [5.41, 5.74) is 0.589. The molecular weight excluding hydrogens is 132 g/mol. The van der Waals surface area contributed by atoms with Gasteiger partial charge in [-0.25, -0.2) is 0 Å². The van der Waals surface area contributed by atoms with Crippen LogP contribution >= 0.6 is 0 Å².